The molecule has 0 saturated carbocycles. The third-order valence-electron chi connectivity index (χ3n) is 3.72. The van der Waals surface area contributed by atoms with E-state index < -0.39 is 0 Å². The summed E-state index contributed by atoms with van der Waals surface area (Å²) in [6.07, 6.45) is 3.17. The first kappa shape index (κ1) is 16.6. The first-order chi connectivity index (χ1) is 9.25. The quantitative estimate of drug-likeness (QED) is 0.818. The lowest BCUT2D eigenvalue weighted by Gasteiger charge is -2.32. The fourth-order valence-electron chi connectivity index (χ4n) is 2.18. The van der Waals surface area contributed by atoms with Crippen LogP contribution in [0.1, 0.15) is 60.8 Å². The third kappa shape index (κ3) is 4.29. The Morgan fingerprint density at radius 1 is 1.10 bits per heavy atom. The van der Waals surface area contributed by atoms with E-state index in [0.717, 1.165) is 25.1 Å². The zero-order valence-corrected chi connectivity index (χ0v) is 13.7. The topological polar surface area (TPSA) is 60.2 Å². The van der Waals surface area contributed by atoms with Crippen LogP contribution in [0.3, 0.4) is 0 Å². The van der Waals surface area contributed by atoms with Gasteiger partial charge in [-0.3, -0.25) is 0 Å². The van der Waals surface area contributed by atoms with E-state index in [9.17, 15) is 0 Å². The van der Waals surface area contributed by atoms with Gasteiger partial charge in [-0.15, -0.1) is 0 Å². The van der Waals surface area contributed by atoms with E-state index in [4.69, 9.17) is 10.5 Å². The van der Waals surface area contributed by atoms with Crippen LogP contribution in [0.15, 0.2) is 12.1 Å². The summed E-state index contributed by atoms with van der Waals surface area (Å²) in [5, 5.41) is 3.55. The molecule has 0 aromatic carbocycles. The molecule has 0 unspecified atom stereocenters. The van der Waals surface area contributed by atoms with Gasteiger partial charge in [0.25, 0.3) is 0 Å². The van der Waals surface area contributed by atoms with Gasteiger partial charge in [-0.2, -0.15) is 4.98 Å². The highest BCUT2D eigenvalue weighted by Gasteiger charge is 2.24. The number of aromatic nitrogens is 1. The summed E-state index contributed by atoms with van der Waals surface area (Å²) in [5.74, 6) is 1.32. The molecule has 0 radical (unpaired) electrons. The number of nitrogens with zero attached hydrogens (tertiary/aromatic N) is 1. The lowest BCUT2D eigenvalue weighted by Crippen LogP contribution is -2.36. The molecule has 4 nitrogen and oxygen atoms in total. The number of pyridine rings is 1. The predicted molar refractivity (Wildman–Crippen MR) is 86.3 cm³/mol. The maximum absolute atomic E-state index is 5.94. The van der Waals surface area contributed by atoms with Crippen LogP contribution in [-0.2, 0) is 0 Å². The zero-order chi connectivity index (χ0) is 15.4. The largest absolute Gasteiger partial charge is 0.470 e. The summed E-state index contributed by atoms with van der Waals surface area (Å²) in [5.41, 5.74) is 6.29. The van der Waals surface area contributed by atoms with Gasteiger partial charge in [-0.05, 0) is 52.2 Å². The summed E-state index contributed by atoms with van der Waals surface area (Å²) in [4.78, 5) is 4.53. The SMILES string of the molecule is CCC(CC)(CC)Nc1ccc(N)c(OC(C)(C)C)n1. The third-order valence-corrected chi connectivity index (χ3v) is 3.72. The van der Waals surface area contributed by atoms with Gasteiger partial charge in [0.1, 0.15) is 11.4 Å². The van der Waals surface area contributed by atoms with Crippen LogP contribution in [0.5, 0.6) is 5.88 Å². The second kappa shape index (κ2) is 6.33. The van der Waals surface area contributed by atoms with E-state index in [0.29, 0.717) is 11.6 Å². The van der Waals surface area contributed by atoms with Gasteiger partial charge >= 0.3 is 0 Å². The number of nitrogens with one attached hydrogen (secondary N) is 1. The van der Waals surface area contributed by atoms with Crippen molar-refractivity contribution in [2.75, 3.05) is 11.1 Å². The molecule has 1 heterocycles. The number of ether oxygens (including phenoxy) is 1. The number of rotatable bonds is 6. The van der Waals surface area contributed by atoms with Crippen molar-refractivity contribution in [2.24, 2.45) is 0 Å². The van der Waals surface area contributed by atoms with E-state index in [1.165, 1.54) is 0 Å². The van der Waals surface area contributed by atoms with Gasteiger partial charge in [0.15, 0.2) is 0 Å². The molecule has 0 amide bonds. The Morgan fingerprint density at radius 2 is 1.65 bits per heavy atom. The molecule has 114 valence electrons. The lowest BCUT2D eigenvalue weighted by atomic mass is 9.90. The summed E-state index contributed by atoms with van der Waals surface area (Å²) in [6, 6.07) is 3.77. The van der Waals surface area contributed by atoms with E-state index in [-0.39, 0.29) is 11.1 Å². The summed E-state index contributed by atoms with van der Waals surface area (Å²) in [7, 11) is 0. The Kier molecular flexibility index (Phi) is 5.26. The van der Waals surface area contributed by atoms with Gasteiger partial charge < -0.3 is 15.8 Å². The highest BCUT2D eigenvalue weighted by molar-refractivity contribution is 5.54. The van der Waals surface area contributed by atoms with Crippen molar-refractivity contribution in [2.45, 2.75) is 71.9 Å². The van der Waals surface area contributed by atoms with Crippen molar-refractivity contribution < 1.29 is 4.74 Å². The van der Waals surface area contributed by atoms with Crippen molar-refractivity contribution in [1.82, 2.24) is 4.98 Å². The van der Waals surface area contributed by atoms with Crippen LogP contribution in [0.25, 0.3) is 0 Å². The fraction of sp³-hybridized carbons (Fsp3) is 0.688. The first-order valence-electron chi connectivity index (χ1n) is 7.49. The molecule has 0 aliphatic rings. The Balaban J connectivity index is 3.00. The van der Waals surface area contributed by atoms with Crippen molar-refractivity contribution in [3.8, 4) is 5.88 Å². The zero-order valence-electron chi connectivity index (χ0n) is 13.7. The number of anilines is 2. The highest BCUT2D eigenvalue weighted by Crippen LogP contribution is 2.29. The average molecular weight is 279 g/mol. The van der Waals surface area contributed by atoms with Gasteiger partial charge in [-0.1, -0.05) is 20.8 Å². The minimum absolute atomic E-state index is 0.0854. The van der Waals surface area contributed by atoms with E-state index in [1.807, 2.05) is 32.9 Å². The molecule has 0 bridgehead atoms. The monoisotopic (exact) mass is 279 g/mol. The van der Waals surface area contributed by atoms with E-state index in [1.54, 1.807) is 0 Å². The molecule has 3 N–H and O–H groups in total. The molecule has 0 spiro atoms. The van der Waals surface area contributed by atoms with Gasteiger partial charge in [0.05, 0.1) is 5.69 Å². The lowest BCUT2D eigenvalue weighted by molar-refractivity contribution is 0.125. The van der Waals surface area contributed by atoms with Crippen molar-refractivity contribution in [3.05, 3.63) is 12.1 Å². The minimum Gasteiger partial charge on any atom is -0.470 e. The summed E-state index contributed by atoms with van der Waals surface area (Å²) < 4.78 is 5.81. The molecule has 1 aromatic heterocycles. The number of nitrogens with two attached hydrogens (primary N) is 1. The van der Waals surface area contributed by atoms with Gasteiger partial charge in [0.2, 0.25) is 5.88 Å². The van der Waals surface area contributed by atoms with Crippen LogP contribution in [0.2, 0.25) is 0 Å². The first-order valence-corrected chi connectivity index (χ1v) is 7.49. The summed E-state index contributed by atoms with van der Waals surface area (Å²) >= 11 is 0. The minimum atomic E-state index is -0.308. The van der Waals surface area contributed by atoms with E-state index in [2.05, 4.69) is 31.1 Å². The van der Waals surface area contributed by atoms with Gasteiger partial charge in [-0.25, -0.2) is 0 Å². The van der Waals surface area contributed by atoms with Crippen molar-refractivity contribution in [3.63, 3.8) is 0 Å². The van der Waals surface area contributed by atoms with Crippen LogP contribution >= 0.6 is 0 Å². The molecule has 0 saturated heterocycles. The Morgan fingerprint density at radius 3 is 2.10 bits per heavy atom. The smallest absolute Gasteiger partial charge is 0.239 e. The van der Waals surface area contributed by atoms with Crippen LogP contribution in [-0.4, -0.2) is 16.1 Å². The van der Waals surface area contributed by atoms with Crippen LogP contribution in [0.4, 0.5) is 11.5 Å². The average Bonchev–Trinajstić information content (AvgIpc) is 2.38. The molecule has 0 aliphatic carbocycles. The second-order valence-electron chi connectivity index (χ2n) is 6.27. The van der Waals surface area contributed by atoms with E-state index >= 15 is 0 Å². The number of nitrogen functional groups attached to an aromatic ring is 1. The molecule has 4 heteroatoms. The summed E-state index contributed by atoms with van der Waals surface area (Å²) in [6.45, 7) is 12.6. The highest BCUT2D eigenvalue weighted by atomic mass is 16.5. The molecular weight excluding hydrogens is 250 g/mol. The van der Waals surface area contributed by atoms with Crippen LogP contribution in [0, 0.1) is 0 Å². The molecule has 0 atom stereocenters. The fourth-order valence-corrected chi connectivity index (χ4v) is 2.18. The molecular formula is C16H29N3O. The normalized spacial score (nSPS) is 12.3. The Labute approximate surface area is 123 Å². The number of hydrogen-bond acceptors (Lipinski definition) is 4. The molecule has 1 rings (SSSR count). The molecule has 0 aliphatic heterocycles. The maximum atomic E-state index is 5.94. The predicted octanol–water partition coefficient (Wildman–Crippen LogP) is 4.22. The second-order valence-corrected chi connectivity index (χ2v) is 6.27. The van der Waals surface area contributed by atoms with Crippen molar-refractivity contribution >= 4 is 11.5 Å². The van der Waals surface area contributed by atoms with Crippen molar-refractivity contribution in [1.29, 1.82) is 0 Å². The van der Waals surface area contributed by atoms with Gasteiger partial charge in [0, 0.05) is 5.54 Å². The molecule has 20 heavy (non-hydrogen) atoms. The Bertz CT molecular complexity index is 426. The molecule has 0 fully saturated rings. The maximum Gasteiger partial charge on any atom is 0.239 e. The Hall–Kier alpha value is -1.45. The standard InChI is InChI=1S/C16H29N3O/c1-7-16(8-2,9-3)19-13-11-10-12(17)14(18-13)20-15(4,5)6/h10-11H,7-9,17H2,1-6H3,(H,18,19). The molecule has 1 aromatic rings. The number of hydrogen-bond donors (Lipinski definition) is 2. The van der Waals surface area contributed by atoms with Crippen LogP contribution < -0.4 is 15.8 Å².